The number of hydrogen-bond acceptors (Lipinski definition) is 1. The van der Waals surface area contributed by atoms with Gasteiger partial charge in [0, 0.05) is 6.54 Å². The van der Waals surface area contributed by atoms with Gasteiger partial charge in [0.05, 0.1) is 0 Å². The third-order valence-electron chi connectivity index (χ3n) is 7.85. The first-order chi connectivity index (χ1) is 11.6. The molecule has 24 heavy (non-hydrogen) atoms. The van der Waals surface area contributed by atoms with Crippen molar-refractivity contribution in [2.75, 3.05) is 19.6 Å². The van der Waals surface area contributed by atoms with Crippen LogP contribution in [0.15, 0.2) is 24.3 Å². The minimum Gasteiger partial charge on any atom is -0.303 e. The fourth-order valence-electron chi connectivity index (χ4n) is 7.47. The van der Waals surface area contributed by atoms with Crippen LogP contribution < -0.4 is 0 Å². The summed E-state index contributed by atoms with van der Waals surface area (Å²) in [7, 11) is 0. The molecule has 0 amide bonds. The summed E-state index contributed by atoms with van der Waals surface area (Å²) in [5.41, 5.74) is 4.25. The number of aryl methyl sites for hydroxylation is 1. The molecule has 0 radical (unpaired) electrons. The van der Waals surface area contributed by atoms with Crippen LogP contribution in [0.1, 0.15) is 68.9 Å². The van der Waals surface area contributed by atoms with Gasteiger partial charge in [0.15, 0.2) is 0 Å². The van der Waals surface area contributed by atoms with Crippen molar-refractivity contribution >= 4 is 0 Å². The summed E-state index contributed by atoms with van der Waals surface area (Å²) in [6.45, 7) is 6.37. The van der Waals surface area contributed by atoms with Gasteiger partial charge in [-0.1, -0.05) is 36.2 Å². The van der Waals surface area contributed by atoms with Crippen LogP contribution in [0.2, 0.25) is 0 Å². The molecule has 1 saturated heterocycles. The number of rotatable bonds is 3. The van der Waals surface area contributed by atoms with E-state index in [4.69, 9.17) is 0 Å². The van der Waals surface area contributed by atoms with E-state index >= 15 is 0 Å². The highest BCUT2D eigenvalue weighted by Gasteiger charge is 2.58. The number of hydrogen-bond donors (Lipinski definition) is 0. The molecular formula is C23H33N. The summed E-state index contributed by atoms with van der Waals surface area (Å²) >= 11 is 0. The molecule has 6 rings (SSSR count). The van der Waals surface area contributed by atoms with E-state index in [9.17, 15) is 0 Å². The molecule has 1 aliphatic heterocycles. The van der Waals surface area contributed by atoms with Crippen molar-refractivity contribution in [3.05, 3.63) is 35.4 Å². The Morgan fingerprint density at radius 2 is 1.58 bits per heavy atom. The van der Waals surface area contributed by atoms with Gasteiger partial charge in [0.1, 0.15) is 0 Å². The molecule has 130 valence electrons. The van der Waals surface area contributed by atoms with E-state index in [1.165, 1.54) is 83.0 Å². The quantitative estimate of drug-likeness (QED) is 0.728. The first-order valence-electron chi connectivity index (χ1n) is 10.4. The molecular weight excluding hydrogens is 290 g/mol. The minimum atomic E-state index is 0.521. The summed E-state index contributed by atoms with van der Waals surface area (Å²) < 4.78 is 0. The van der Waals surface area contributed by atoms with E-state index in [2.05, 4.69) is 36.1 Å². The third kappa shape index (κ3) is 2.55. The lowest BCUT2D eigenvalue weighted by Crippen LogP contribution is -2.57. The summed E-state index contributed by atoms with van der Waals surface area (Å²) in [6.07, 6.45) is 13.4. The van der Waals surface area contributed by atoms with Gasteiger partial charge in [0.2, 0.25) is 0 Å². The van der Waals surface area contributed by atoms with Gasteiger partial charge in [-0.3, -0.25) is 0 Å². The maximum absolute atomic E-state index is 2.83. The van der Waals surface area contributed by atoms with Crippen molar-refractivity contribution in [3.8, 4) is 0 Å². The monoisotopic (exact) mass is 323 g/mol. The Bertz CT molecular complexity index is 581. The molecule has 5 fully saturated rings. The van der Waals surface area contributed by atoms with Crippen LogP contribution in [0.25, 0.3) is 0 Å². The lowest BCUT2D eigenvalue weighted by molar-refractivity contribution is -0.0877. The van der Waals surface area contributed by atoms with Gasteiger partial charge in [-0.25, -0.2) is 0 Å². The average molecular weight is 324 g/mol. The van der Waals surface area contributed by atoms with Crippen molar-refractivity contribution < 1.29 is 0 Å². The van der Waals surface area contributed by atoms with Gasteiger partial charge in [-0.2, -0.15) is 0 Å². The highest BCUT2D eigenvalue weighted by atomic mass is 15.1. The molecule has 0 aromatic heterocycles. The Kier molecular flexibility index (Phi) is 3.60. The Balaban J connectivity index is 1.45. The van der Waals surface area contributed by atoms with E-state index in [0.29, 0.717) is 10.8 Å². The number of likely N-dealkylation sites (tertiary alicyclic amines) is 1. The zero-order chi connectivity index (χ0) is 16.2. The van der Waals surface area contributed by atoms with Crippen LogP contribution in [-0.4, -0.2) is 24.5 Å². The fraction of sp³-hybridized carbons (Fsp3) is 0.739. The molecule has 2 atom stereocenters. The van der Waals surface area contributed by atoms with E-state index in [0.717, 1.165) is 11.8 Å². The van der Waals surface area contributed by atoms with Gasteiger partial charge >= 0.3 is 0 Å². The van der Waals surface area contributed by atoms with Crippen molar-refractivity contribution in [3.63, 3.8) is 0 Å². The van der Waals surface area contributed by atoms with Crippen LogP contribution >= 0.6 is 0 Å². The molecule has 0 spiro atoms. The van der Waals surface area contributed by atoms with Crippen LogP contribution in [0.5, 0.6) is 0 Å². The number of benzene rings is 1. The summed E-state index contributed by atoms with van der Waals surface area (Å²) in [5.74, 6) is 2.02. The Labute approximate surface area is 147 Å². The Morgan fingerprint density at radius 1 is 0.917 bits per heavy atom. The molecule has 0 unspecified atom stereocenters. The molecule has 1 nitrogen and oxygen atoms in total. The smallest absolute Gasteiger partial charge is 0.00385 e. The second kappa shape index (κ2) is 5.59. The fourth-order valence-corrected chi connectivity index (χ4v) is 7.47. The zero-order valence-electron chi connectivity index (χ0n) is 15.4. The molecule has 1 aromatic rings. The molecule has 0 N–H and O–H groups in total. The summed E-state index contributed by atoms with van der Waals surface area (Å²) in [5, 5.41) is 0. The first-order valence-corrected chi connectivity index (χ1v) is 10.4. The standard InChI is InChI=1S/C23H33N/c1-18-5-7-21(8-6-18)23-14-19-11-20(15-23)13-22(12-19,16-23)17-24-9-3-2-4-10-24/h5-8,19-20H,2-4,9-17H2,1H3/t19-,20-,22?,23?/m1/s1. The maximum Gasteiger partial charge on any atom is 0.00385 e. The lowest BCUT2D eigenvalue weighted by Gasteiger charge is -2.63. The lowest BCUT2D eigenvalue weighted by atomic mass is 9.43. The van der Waals surface area contributed by atoms with Crippen LogP contribution in [0, 0.1) is 24.2 Å². The van der Waals surface area contributed by atoms with Crippen LogP contribution in [0.3, 0.4) is 0 Å². The average Bonchev–Trinajstić information content (AvgIpc) is 2.54. The first kappa shape index (κ1) is 15.4. The Hall–Kier alpha value is -0.820. The van der Waals surface area contributed by atoms with E-state index in [-0.39, 0.29) is 0 Å². The van der Waals surface area contributed by atoms with Crippen molar-refractivity contribution in [1.82, 2.24) is 4.90 Å². The largest absolute Gasteiger partial charge is 0.303 e. The Morgan fingerprint density at radius 3 is 2.25 bits per heavy atom. The highest BCUT2D eigenvalue weighted by Crippen LogP contribution is 2.65. The van der Waals surface area contributed by atoms with E-state index < -0.39 is 0 Å². The van der Waals surface area contributed by atoms with Crippen LogP contribution in [0.4, 0.5) is 0 Å². The van der Waals surface area contributed by atoms with E-state index in [1.54, 1.807) is 5.56 Å². The topological polar surface area (TPSA) is 3.24 Å². The third-order valence-corrected chi connectivity index (χ3v) is 7.85. The van der Waals surface area contributed by atoms with Crippen molar-refractivity contribution in [2.24, 2.45) is 17.3 Å². The van der Waals surface area contributed by atoms with Gasteiger partial charge in [-0.05, 0) is 99.6 Å². The molecule has 1 aromatic carbocycles. The summed E-state index contributed by atoms with van der Waals surface area (Å²) in [6, 6.07) is 9.64. The predicted octanol–water partition coefficient (Wildman–Crippen LogP) is 5.32. The molecule has 5 aliphatic rings. The van der Waals surface area contributed by atoms with Gasteiger partial charge in [0.25, 0.3) is 0 Å². The van der Waals surface area contributed by atoms with Crippen LogP contribution in [-0.2, 0) is 5.41 Å². The second-order valence-corrected chi connectivity index (χ2v) is 9.94. The summed E-state index contributed by atoms with van der Waals surface area (Å²) in [4.78, 5) is 2.83. The molecule has 1 heteroatoms. The predicted molar refractivity (Wildman–Crippen MR) is 100 cm³/mol. The van der Waals surface area contributed by atoms with Gasteiger partial charge in [-0.15, -0.1) is 0 Å². The number of piperidine rings is 1. The molecule has 1 heterocycles. The molecule has 4 bridgehead atoms. The second-order valence-electron chi connectivity index (χ2n) is 9.94. The molecule has 4 aliphatic carbocycles. The molecule has 4 saturated carbocycles. The SMILES string of the molecule is Cc1ccc(C23C[C@@H]4C[C@H](CC(CN5CCCCC5)(C4)C2)C3)cc1. The number of nitrogens with zero attached hydrogens (tertiary/aromatic N) is 1. The highest BCUT2D eigenvalue weighted by molar-refractivity contribution is 5.32. The van der Waals surface area contributed by atoms with Gasteiger partial charge < -0.3 is 4.90 Å². The zero-order valence-corrected chi connectivity index (χ0v) is 15.4. The maximum atomic E-state index is 2.83. The van der Waals surface area contributed by atoms with E-state index in [1.807, 2.05) is 0 Å². The van der Waals surface area contributed by atoms with Crippen molar-refractivity contribution in [1.29, 1.82) is 0 Å². The normalized spacial score (nSPS) is 41.7. The van der Waals surface area contributed by atoms with Crippen molar-refractivity contribution in [2.45, 2.75) is 70.1 Å². The minimum absolute atomic E-state index is 0.521.